The molecular formula is C13H22N2S. The van der Waals surface area contributed by atoms with Crippen LogP contribution in [0.2, 0.25) is 0 Å². The lowest BCUT2D eigenvalue weighted by Crippen LogP contribution is -2.23. The number of aromatic nitrogens is 1. The van der Waals surface area contributed by atoms with Crippen LogP contribution in [0.4, 0.5) is 0 Å². The summed E-state index contributed by atoms with van der Waals surface area (Å²) in [7, 11) is 0. The molecule has 1 aromatic rings. The molecule has 2 nitrogen and oxygen atoms in total. The van der Waals surface area contributed by atoms with Gasteiger partial charge >= 0.3 is 0 Å². The molecule has 16 heavy (non-hydrogen) atoms. The molecule has 3 heteroatoms. The summed E-state index contributed by atoms with van der Waals surface area (Å²) in [6, 6.07) is 0.573. The molecular weight excluding hydrogens is 216 g/mol. The highest BCUT2D eigenvalue weighted by molar-refractivity contribution is 7.12. The van der Waals surface area contributed by atoms with Gasteiger partial charge in [-0.2, -0.15) is 0 Å². The molecule has 0 amide bonds. The van der Waals surface area contributed by atoms with Crippen molar-refractivity contribution in [3.05, 3.63) is 15.6 Å². The number of aryl methyl sites for hydroxylation is 1. The average Bonchev–Trinajstić information content (AvgIpc) is 2.73. The molecule has 0 aromatic carbocycles. The van der Waals surface area contributed by atoms with Gasteiger partial charge in [-0.05, 0) is 32.2 Å². The fraction of sp³-hybridized carbons (Fsp3) is 0.769. The van der Waals surface area contributed by atoms with Gasteiger partial charge in [-0.25, -0.2) is 4.98 Å². The highest BCUT2D eigenvalue weighted by Gasteiger charge is 2.24. The van der Waals surface area contributed by atoms with Gasteiger partial charge in [-0.1, -0.05) is 20.8 Å². The first-order valence-corrected chi connectivity index (χ1v) is 7.30. The standard InChI is InChI=1S/C13H22N2S/c1-4-9(3)13-15-11-8-6-7-10(14-5-2)12(11)16-13/h9-10,14H,4-8H2,1-3H3. The van der Waals surface area contributed by atoms with Crippen LogP contribution in [0, 0.1) is 0 Å². The predicted octanol–water partition coefficient (Wildman–Crippen LogP) is 3.64. The maximum atomic E-state index is 4.83. The minimum absolute atomic E-state index is 0.573. The van der Waals surface area contributed by atoms with Gasteiger partial charge in [0.15, 0.2) is 0 Å². The Morgan fingerprint density at radius 2 is 2.31 bits per heavy atom. The van der Waals surface area contributed by atoms with E-state index in [9.17, 15) is 0 Å². The van der Waals surface area contributed by atoms with Crippen molar-refractivity contribution in [2.24, 2.45) is 0 Å². The Morgan fingerprint density at radius 1 is 1.50 bits per heavy atom. The molecule has 0 aliphatic heterocycles. The second-order valence-electron chi connectivity index (χ2n) is 4.67. The zero-order valence-corrected chi connectivity index (χ0v) is 11.4. The van der Waals surface area contributed by atoms with E-state index >= 15 is 0 Å². The Labute approximate surface area is 102 Å². The van der Waals surface area contributed by atoms with Crippen molar-refractivity contribution in [3.8, 4) is 0 Å². The number of hydrogen-bond donors (Lipinski definition) is 1. The summed E-state index contributed by atoms with van der Waals surface area (Å²) in [6.07, 6.45) is 4.94. The Balaban J connectivity index is 2.23. The van der Waals surface area contributed by atoms with Crippen LogP contribution < -0.4 is 5.32 Å². The van der Waals surface area contributed by atoms with Crippen LogP contribution in [0.1, 0.15) is 67.6 Å². The predicted molar refractivity (Wildman–Crippen MR) is 70.2 cm³/mol. The maximum absolute atomic E-state index is 4.83. The van der Waals surface area contributed by atoms with Gasteiger partial charge in [-0.15, -0.1) is 11.3 Å². The van der Waals surface area contributed by atoms with Crippen LogP contribution in [0.25, 0.3) is 0 Å². The second-order valence-corrected chi connectivity index (χ2v) is 5.74. The summed E-state index contributed by atoms with van der Waals surface area (Å²) in [5.74, 6) is 0.623. The summed E-state index contributed by atoms with van der Waals surface area (Å²) in [6.45, 7) is 7.77. The lowest BCUT2D eigenvalue weighted by molar-refractivity contribution is 0.476. The molecule has 1 aliphatic rings. The molecule has 1 aromatic heterocycles. The number of nitrogens with one attached hydrogen (secondary N) is 1. The number of fused-ring (bicyclic) bond motifs is 1. The molecule has 0 spiro atoms. The molecule has 2 atom stereocenters. The minimum atomic E-state index is 0.573. The number of hydrogen-bond acceptors (Lipinski definition) is 3. The molecule has 0 bridgehead atoms. The highest BCUT2D eigenvalue weighted by Crippen LogP contribution is 2.36. The third-order valence-corrected chi connectivity index (χ3v) is 4.89. The Morgan fingerprint density at radius 3 is 3.00 bits per heavy atom. The van der Waals surface area contributed by atoms with Crippen molar-refractivity contribution in [1.29, 1.82) is 0 Å². The van der Waals surface area contributed by atoms with Gasteiger partial charge in [0.1, 0.15) is 0 Å². The van der Waals surface area contributed by atoms with E-state index in [1.54, 1.807) is 0 Å². The van der Waals surface area contributed by atoms with Crippen molar-refractivity contribution in [2.75, 3.05) is 6.54 Å². The third kappa shape index (κ3) is 2.30. The lowest BCUT2D eigenvalue weighted by atomic mass is 9.98. The lowest BCUT2D eigenvalue weighted by Gasteiger charge is -2.21. The minimum Gasteiger partial charge on any atom is -0.309 e. The number of thiazole rings is 1. The van der Waals surface area contributed by atoms with Crippen LogP contribution in [0.5, 0.6) is 0 Å². The molecule has 2 unspecified atom stereocenters. The second kappa shape index (κ2) is 5.28. The number of rotatable bonds is 4. The summed E-state index contributed by atoms with van der Waals surface area (Å²) in [4.78, 5) is 6.35. The van der Waals surface area contributed by atoms with E-state index in [1.165, 1.54) is 41.3 Å². The molecule has 0 fully saturated rings. The van der Waals surface area contributed by atoms with Gasteiger partial charge in [0.05, 0.1) is 10.7 Å². The molecule has 90 valence electrons. The zero-order chi connectivity index (χ0) is 11.5. The van der Waals surface area contributed by atoms with Crippen LogP contribution >= 0.6 is 11.3 Å². The summed E-state index contributed by atoms with van der Waals surface area (Å²) in [5, 5.41) is 4.93. The van der Waals surface area contributed by atoms with Crippen molar-refractivity contribution in [2.45, 2.75) is 58.4 Å². The number of nitrogens with zero attached hydrogens (tertiary/aromatic N) is 1. The quantitative estimate of drug-likeness (QED) is 0.866. The smallest absolute Gasteiger partial charge is 0.0959 e. The van der Waals surface area contributed by atoms with Gasteiger partial charge in [0.2, 0.25) is 0 Å². The van der Waals surface area contributed by atoms with Gasteiger partial charge in [-0.3, -0.25) is 0 Å². The van der Waals surface area contributed by atoms with Crippen molar-refractivity contribution in [1.82, 2.24) is 10.3 Å². The van der Waals surface area contributed by atoms with E-state index in [0.717, 1.165) is 6.54 Å². The molecule has 0 saturated carbocycles. The van der Waals surface area contributed by atoms with Crippen molar-refractivity contribution in [3.63, 3.8) is 0 Å². The third-order valence-electron chi connectivity index (χ3n) is 3.45. The topological polar surface area (TPSA) is 24.9 Å². The van der Waals surface area contributed by atoms with E-state index in [4.69, 9.17) is 4.98 Å². The first kappa shape index (κ1) is 12.1. The normalized spacial score (nSPS) is 21.8. The maximum Gasteiger partial charge on any atom is 0.0959 e. The van der Waals surface area contributed by atoms with Crippen molar-refractivity contribution >= 4 is 11.3 Å². The van der Waals surface area contributed by atoms with Crippen LogP contribution in [-0.2, 0) is 6.42 Å². The molecule has 1 N–H and O–H groups in total. The Hall–Kier alpha value is -0.410. The Kier molecular flexibility index (Phi) is 3.98. The largest absolute Gasteiger partial charge is 0.309 e. The van der Waals surface area contributed by atoms with Gasteiger partial charge in [0.25, 0.3) is 0 Å². The first-order valence-electron chi connectivity index (χ1n) is 6.49. The molecule has 0 saturated heterocycles. The van der Waals surface area contributed by atoms with Gasteiger partial charge in [0, 0.05) is 16.8 Å². The summed E-state index contributed by atoms with van der Waals surface area (Å²) in [5.41, 5.74) is 1.37. The molecule has 0 radical (unpaired) electrons. The summed E-state index contributed by atoms with van der Waals surface area (Å²) < 4.78 is 0. The SMILES string of the molecule is CCNC1CCCc2nc(C(C)CC)sc21. The highest BCUT2D eigenvalue weighted by atomic mass is 32.1. The zero-order valence-electron chi connectivity index (χ0n) is 10.5. The van der Waals surface area contributed by atoms with E-state index in [-0.39, 0.29) is 0 Å². The van der Waals surface area contributed by atoms with E-state index in [1.807, 2.05) is 11.3 Å². The van der Waals surface area contributed by atoms with Crippen LogP contribution in [0.15, 0.2) is 0 Å². The Bertz CT molecular complexity index is 346. The fourth-order valence-corrected chi connectivity index (χ4v) is 3.62. The molecule has 2 rings (SSSR count). The van der Waals surface area contributed by atoms with Crippen molar-refractivity contribution < 1.29 is 0 Å². The molecule has 1 aliphatic carbocycles. The van der Waals surface area contributed by atoms with Crippen LogP contribution in [-0.4, -0.2) is 11.5 Å². The van der Waals surface area contributed by atoms with E-state index in [2.05, 4.69) is 26.1 Å². The van der Waals surface area contributed by atoms with Crippen LogP contribution in [0.3, 0.4) is 0 Å². The molecule has 1 heterocycles. The summed E-state index contributed by atoms with van der Waals surface area (Å²) >= 11 is 1.94. The average molecular weight is 238 g/mol. The van der Waals surface area contributed by atoms with Gasteiger partial charge < -0.3 is 5.32 Å². The van der Waals surface area contributed by atoms with E-state index < -0.39 is 0 Å². The fourth-order valence-electron chi connectivity index (χ4n) is 2.27. The first-order chi connectivity index (χ1) is 7.76. The monoisotopic (exact) mass is 238 g/mol. The van der Waals surface area contributed by atoms with E-state index in [0.29, 0.717) is 12.0 Å².